The molecule has 0 amide bonds. The minimum atomic E-state index is -1.36. The van der Waals surface area contributed by atoms with Crippen LogP contribution in [0.3, 0.4) is 0 Å². The minimum absolute atomic E-state index is 0.0223. The Bertz CT molecular complexity index is 2180. The molecule has 0 spiro atoms. The van der Waals surface area contributed by atoms with Crippen LogP contribution in [0, 0.1) is 12.7 Å². The molecule has 288 valence electrons. The summed E-state index contributed by atoms with van der Waals surface area (Å²) < 4.78 is 42.0. The van der Waals surface area contributed by atoms with E-state index in [0.29, 0.717) is 16.7 Å². The number of anilines is 2. The lowest BCUT2D eigenvalue weighted by atomic mass is 9.64. The third-order valence-electron chi connectivity index (χ3n) is 8.99. The van der Waals surface area contributed by atoms with Crippen molar-refractivity contribution in [2.45, 2.75) is 26.2 Å². The molecule has 3 aromatic carbocycles. The first-order valence-corrected chi connectivity index (χ1v) is 16.7. The van der Waals surface area contributed by atoms with Gasteiger partial charge in [-0.2, -0.15) is 0 Å². The lowest BCUT2D eigenvalue weighted by Crippen LogP contribution is -2.35. The van der Waals surface area contributed by atoms with Gasteiger partial charge in [0.1, 0.15) is 50.9 Å². The van der Waals surface area contributed by atoms with Gasteiger partial charge in [-0.25, -0.2) is 8.78 Å². The molecule has 0 saturated heterocycles. The van der Waals surface area contributed by atoms with Crippen molar-refractivity contribution in [3.63, 3.8) is 0 Å². The highest BCUT2D eigenvalue weighted by atomic mass is 19.1. The van der Waals surface area contributed by atoms with Gasteiger partial charge in [0.15, 0.2) is 17.4 Å². The van der Waals surface area contributed by atoms with Crippen molar-refractivity contribution in [3.05, 3.63) is 106 Å². The first kappa shape index (κ1) is 39.5. The van der Waals surface area contributed by atoms with Crippen LogP contribution < -0.4 is 19.3 Å². The summed E-state index contributed by atoms with van der Waals surface area (Å²) in [7, 11) is 0. The SMILES string of the molecule is Cc1ccc(N(CC(=O)O)CC(=O)O)c(OCCOc2cc(C3=C4C=C(F)C(=O)C=C4C(C)(C)c4cc(O)c(F)cc43)ccc2N(CC(=O)O)CC(=O)O)c1. The van der Waals surface area contributed by atoms with Crippen LogP contribution in [0.25, 0.3) is 5.57 Å². The van der Waals surface area contributed by atoms with Gasteiger partial charge in [-0.05, 0) is 94.4 Å². The van der Waals surface area contributed by atoms with Crippen LogP contribution in [0.4, 0.5) is 20.2 Å². The van der Waals surface area contributed by atoms with Crippen molar-refractivity contribution in [1.29, 1.82) is 0 Å². The number of halogens is 2. The molecule has 14 nitrogen and oxygen atoms in total. The Morgan fingerprint density at radius 1 is 0.727 bits per heavy atom. The number of hydrogen-bond donors (Lipinski definition) is 5. The van der Waals surface area contributed by atoms with Gasteiger partial charge in [0, 0.05) is 5.41 Å². The van der Waals surface area contributed by atoms with Crippen LogP contribution in [0.15, 0.2) is 77.7 Å². The zero-order valence-electron chi connectivity index (χ0n) is 29.8. The molecule has 0 atom stereocenters. The van der Waals surface area contributed by atoms with Gasteiger partial charge < -0.3 is 44.8 Å². The van der Waals surface area contributed by atoms with Crippen molar-refractivity contribution in [1.82, 2.24) is 0 Å². The molecule has 2 aliphatic carbocycles. The van der Waals surface area contributed by atoms with Crippen molar-refractivity contribution in [2.24, 2.45) is 0 Å². The van der Waals surface area contributed by atoms with E-state index < -0.39 is 78.6 Å². The van der Waals surface area contributed by atoms with E-state index in [4.69, 9.17) is 9.47 Å². The second kappa shape index (κ2) is 15.7. The number of fused-ring (bicyclic) bond motifs is 2. The smallest absolute Gasteiger partial charge is 0.323 e. The van der Waals surface area contributed by atoms with E-state index in [1.807, 2.05) is 0 Å². The van der Waals surface area contributed by atoms with E-state index in [1.54, 1.807) is 32.9 Å². The van der Waals surface area contributed by atoms with Gasteiger partial charge in [-0.3, -0.25) is 24.0 Å². The average molecular weight is 763 g/mol. The quantitative estimate of drug-likeness (QED) is 0.125. The number of rotatable bonds is 16. The van der Waals surface area contributed by atoms with Crippen LogP contribution in [0.2, 0.25) is 0 Å². The maximum absolute atomic E-state index is 15.0. The number of hydrogen-bond acceptors (Lipinski definition) is 10. The molecule has 55 heavy (non-hydrogen) atoms. The summed E-state index contributed by atoms with van der Waals surface area (Å²) in [5.74, 6) is -8.79. The number of phenols is 1. The van der Waals surface area contributed by atoms with Gasteiger partial charge in [0.2, 0.25) is 5.78 Å². The number of nitrogens with zero attached hydrogens (tertiary/aromatic N) is 2. The van der Waals surface area contributed by atoms with Crippen molar-refractivity contribution in [3.8, 4) is 17.2 Å². The van der Waals surface area contributed by atoms with Crippen LogP contribution in [0.5, 0.6) is 17.2 Å². The summed E-state index contributed by atoms with van der Waals surface area (Å²) >= 11 is 0. The second-order valence-corrected chi connectivity index (χ2v) is 13.3. The normalized spacial score (nSPS) is 14.2. The Morgan fingerprint density at radius 2 is 1.24 bits per heavy atom. The fourth-order valence-corrected chi connectivity index (χ4v) is 6.62. The van der Waals surface area contributed by atoms with Gasteiger partial charge >= 0.3 is 23.9 Å². The van der Waals surface area contributed by atoms with Gasteiger partial charge in [-0.15, -0.1) is 0 Å². The lowest BCUT2D eigenvalue weighted by Gasteiger charge is -2.39. The standard InChI is InChI=1S/C39H36F2N2O12/c1-20-4-6-28(42(16-34(46)47)17-35(48)49)32(10-20)54-8-9-55-33-11-21(5-7-29(33)43(18-36(50)51)19-37(52)53)38-22-12-26(40)30(44)14-24(22)39(2,3)25-15-31(45)27(41)13-23(25)38/h4-7,10-15,44H,8-9,16-19H2,1-3H3,(H,46,47)(H,48,49)(H,50,51)(H,52,53). The van der Waals surface area contributed by atoms with Crippen molar-refractivity contribution < 1.29 is 67.8 Å². The van der Waals surface area contributed by atoms with E-state index in [-0.39, 0.29) is 58.4 Å². The predicted octanol–water partition coefficient (Wildman–Crippen LogP) is 4.70. The Balaban J connectivity index is 1.59. The van der Waals surface area contributed by atoms with Gasteiger partial charge in [0.25, 0.3) is 0 Å². The fourth-order valence-electron chi connectivity index (χ4n) is 6.62. The Labute approximate surface area is 312 Å². The van der Waals surface area contributed by atoms with Crippen LogP contribution in [0.1, 0.15) is 36.1 Å². The zero-order chi connectivity index (χ0) is 40.4. The number of ether oxygens (including phenoxy) is 2. The Hall–Kier alpha value is -6.71. The molecule has 3 aromatic rings. The summed E-state index contributed by atoms with van der Waals surface area (Å²) in [6.45, 7) is 1.88. The number of phenolic OH excluding ortho intramolecular Hbond substituents is 1. The van der Waals surface area contributed by atoms with E-state index >= 15 is 4.39 Å². The van der Waals surface area contributed by atoms with Gasteiger partial charge in [0.05, 0.1) is 11.4 Å². The van der Waals surface area contributed by atoms with E-state index in [1.165, 1.54) is 30.3 Å². The maximum atomic E-state index is 15.0. The number of aryl methyl sites for hydroxylation is 1. The minimum Gasteiger partial charge on any atom is -0.505 e. The summed E-state index contributed by atoms with van der Waals surface area (Å²) in [5, 5.41) is 48.4. The molecule has 0 radical (unpaired) electrons. The first-order valence-electron chi connectivity index (χ1n) is 16.7. The third kappa shape index (κ3) is 8.59. The molecule has 5 rings (SSSR count). The number of benzene rings is 3. The average Bonchev–Trinajstić information content (AvgIpc) is 3.07. The number of ketones is 1. The molecule has 0 fully saturated rings. The number of carbonyl (C=O) groups is 5. The highest BCUT2D eigenvalue weighted by Gasteiger charge is 2.40. The number of allylic oxidation sites excluding steroid dienone is 5. The second-order valence-electron chi connectivity index (χ2n) is 13.3. The number of aliphatic carboxylic acids is 4. The zero-order valence-corrected chi connectivity index (χ0v) is 29.8. The predicted molar refractivity (Wildman–Crippen MR) is 193 cm³/mol. The molecular weight excluding hydrogens is 726 g/mol. The highest BCUT2D eigenvalue weighted by Crippen LogP contribution is 2.52. The first-order chi connectivity index (χ1) is 25.9. The molecule has 0 aliphatic heterocycles. The molecule has 16 heteroatoms. The third-order valence-corrected chi connectivity index (χ3v) is 8.99. The number of carboxylic acids is 4. The van der Waals surface area contributed by atoms with Crippen molar-refractivity contribution >= 4 is 46.6 Å². The molecule has 0 saturated carbocycles. The largest absolute Gasteiger partial charge is 0.505 e. The molecule has 2 aliphatic rings. The van der Waals surface area contributed by atoms with Crippen LogP contribution >= 0.6 is 0 Å². The van der Waals surface area contributed by atoms with Crippen LogP contribution in [-0.4, -0.2) is 94.6 Å². The van der Waals surface area contributed by atoms with Crippen LogP contribution in [-0.2, 0) is 29.4 Å². The Morgan fingerprint density at radius 3 is 1.76 bits per heavy atom. The molecule has 5 N–H and O–H groups in total. The highest BCUT2D eigenvalue weighted by molar-refractivity contribution is 6.08. The number of aromatic hydroxyl groups is 1. The molecule has 0 unspecified atom stereocenters. The van der Waals surface area contributed by atoms with Crippen molar-refractivity contribution in [2.75, 3.05) is 49.2 Å². The fraction of sp³-hybridized carbons (Fsp3) is 0.256. The maximum Gasteiger partial charge on any atom is 0.323 e. The summed E-state index contributed by atoms with van der Waals surface area (Å²) in [6, 6.07) is 11.3. The lowest BCUT2D eigenvalue weighted by molar-refractivity contribution is -0.138. The van der Waals surface area contributed by atoms with E-state index in [2.05, 4.69) is 0 Å². The number of carbonyl (C=O) groups excluding carboxylic acids is 1. The molecule has 0 heterocycles. The summed E-state index contributed by atoms with van der Waals surface area (Å²) in [4.78, 5) is 61.3. The molecule has 0 bridgehead atoms. The van der Waals surface area contributed by atoms with E-state index in [9.17, 15) is 53.9 Å². The molecular formula is C39H36F2N2O12. The van der Waals surface area contributed by atoms with E-state index in [0.717, 1.165) is 28.0 Å². The summed E-state index contributed by atoms with van der Waals surface area (Å²) in [6.07, 6.45) is 2.16. The summed E-state index contributed by atoms with van der Waals surface area (Å²) in [5.41, 5.74) is 1.66. The number of carboxylic acid groups (broad SMARTS) is 4. The Kier molecular flexibility index (Phi) is 11.3. The van der Waals surface area contributed by atoms with Gasteiger partial charge in [-0.1, -0.05) is 26.0 Å². The molecule has 0 aromatic heterocycles. The monoisotopic (exact) mass is 762 g/mol. The topological polar surface area (TPSA) is 211 Å².